The maximum atomic E-state index is 11.9. The van der Waals surface area contributed by atoms with Gasteiger partial charge in [0.1, 0.15) is 6.54 Å². The first-order valence-corrected chi connectivity index (χ1v) is 3.44. The fourth-order valence-electron chi connectivity index (χ4n) is 0.716. The number of carbonyl (C=O) groups excluding carboxylic acids is 1. The van der Waals surface area contributed by atoms with E-state index in [4.69, 9.17) is 5.11 Å². The molecule has 0 aromatic heterocycles. The van der Waals surface area contributed by atoms with E-state index < -0.39 is 24.2 Å². The highest BCUT2D eigenvalue weighted by molar-refractivity contribution is 5.76. The number of nitrogens with zero attached hydrogens (tertiary/aromatic N) is 1. The largest absolute Gasteiger partial charge is 0.465 e. The van der Waals surface area contributed by atoms with Gasteiger partial charge in [0.15, 0.2) is 0 Å². The monoisotopic (exact) mass is 177 g/mol. The second-order valence-corrected chi connectivity index (χ2v) is 3.39. The van der Waals surface area contributed by atoms with Crippen LogP contribution in [0, 0.1) is 0 Å². The Morgan fingerprint density at radius 3 is 1.92 bits per heavy atom. The van der Waals surface area contributed by atoms with Crippen LogP contribution in [0.15, 0.2) is 0 Å². The number of rotatable bonds is 2. The molecule has 0 saturated heterocycles. The summed E-state index contributed by atoms with van der Waals surface area (Å²) < 4.78 is 11.9. The molecule has 0 saturated carbocycles. The molecule has 0 rings (SSSR count). The third kappa shape index (κ3) is 3.32. The minimum atomic E-state index is -1.65. The summed E-state index contributed by atoms with van der Waals surface area (Å²) in [5.41, 5.74) is -0.756. The Hall–Kier alpha value is -1.13. The summed E-state index contributed by atoms with van der Waals surface area (Å²) >= 11 is 0. The molecule has 0 heterocycles. The van der Waals surface area contributed by atoms with Gasteiger partial charge in [0.2, 0.25) is 0 Å². The lowest BCUT2D eigenvalue weighted by Crippen LogP contribution is -2.46. The quantitative estimate of drug-likeness (QED) is 0.646. The fraction of sp³-hybridized carbons (Fsp3) is 0.714. The van der Waals surface area contributed by atoms with Gasteiger partial charge in [0.25, 0.3) is 0 Å². The molecule has 0 aliphatic heterocycles. The zero-order valence-corrected chi connectivity index (χ0v) is 7.30. The minimum Gasteiger partial charge on any atom is -0.465 e. The van der Waals surface area contributed by atoms with Gasteiger partial charge in [0, 0.05) is 5.54 Å². The van der Waals surface area contributed by atoms with E-state index in [0.29, 0.717) is 0 Å². The van der Waals surface area contributed by atoms with Gasteiger partial charge < -0.3 is 5.11 Å². The number of hydrogen-bond acceptors (Lipinski definition) is 2. The number of carbonyl (C=O) groups is 2. The minimum absolute atomic E-state index is 0.709. The normalized spacial score (nSPS) is 11.0. The smallest absolute Gasteiger partial charge is 0.408 e. The average molecular weight is 177 g/mol. The van der Waals surface area contributed by atoms with E-state index in [9.17, 15) is 14.0 Å². The molecular formula is C7H12FNO3. The molecule has 12 heavy (non-hydrogen) atoms. The number of halogens is 1. The van der Waals surface area contributed by atoms with E-state index in [1.54, 1.807) is 20.8 Å². The van der Waals surface area contributed by atoms with Crippen molar-refractivity contribution in [2.24, 2.45) is 0 Å². The van der Waals surface area contributed by atoms with Crippen molar-refractivity contribution in [1.29, 1.82) is 0 Å². The third-order valence-electron chi connectivity index (χ3n) is 1.32. The van der Waals surface area contributed by atoms with E-state index in [0.717, 1.165) is 4.90 Å². The van der Waals surface area contributed by atoms with Gasteiger partial charge in [-0.2, -0.15) is 4.39 Å². The molecular weight excluding hydrogens is 165 g/mol. The second-order valence-electron chi connectivity index (χ2n) is 3.39. The lowest BCUT2D eigenvalue weighted by atomic mass is 10.1. The predicted octanol–water partition coefficient (Wildman–Crippen LogP) is 1.26. The van der Waals surface area contributed by atoms with Crippen LogP contribution in [0.1, 0.15) is 20.8 Å². The summed E-state index contributed by atoms with van der Waals surface area (Å²) in [4.78, 5) is 21.3. The molecule has 1 amide bonds. The SMILES string of the molecule is CC(C)(C)N(CC(=O)F)C(=O)O. The highest BCUT2D eigenvalue weighted by Crippen LogP contribution is 2.12. The van der Waals surface area contributed by atoms with Crippen molar-refractivity contribution in [1.82, 2.24) is 4.90 Å². The average Bonchev–Trinajstić information content (AvgIpc) is 1.79. The van der Waals surface area contributed by atoms with E-state index in [-0.39, 0.29) is 0 Å². The molecule has 0 fully saturated rings. The maximum Gasteiger partial charge on any atom is 0.408 e. The van der Waals surface area contributed by atoms with Crippen LogP contribution in [-0.2, 0) is 4.79 Å². The van der Waals surface area contributed by atoms with Crippen molar-refractivity contribution >= 4 is 12.1 Å². The molecule has 0 aromatic carbocycles. The van der Waals surface area contributed by atoms with E-state index in [1.165, 1.54) is 0 Å². The Morgan fingerprint density at radius 2 is 1.83 bits per heavy atom. The second kappa shape index (κ2) is 3.51. The Bertz CT molecular complexity index is 197. The summed E-state index contributed by atoms with van der Waals surface area (Å²) in [6.45, 7) is 4.05. The van der Waals surface area contributed by atoms with Crippen LogP contribution in [0.3, 0.4) is 0 Å². The van der Waals surface area contributed by atoms with Crippen molar-refractivity contribution in [3.63, 3.8) is 0 Å². The molecule has 70 valence electrons. The molecule has 4 nitrogen and oxygen atoms in total. The number of carboxylic acid groups (broad SMARTS) is 1. The predicted molar refractivity (Wildman–Crippen MR) is 40.6 cm³/mol. The summed E-state index contributed by atoms with van der Waals surface area (Å²) in [6, 6.07) is -1.65. The van der Waals surface area contributed by atoms with Crippen molar-refractivity contribution in [3.05, 3.63) is 0 Å². The lowest BCUT2D eigenvalue weighted by molar-refractivity contribution is -0.131. The van der Waals surface area contributed by atoms with Gasteiger partial charge in [-0.15, -0.1) is 0 Å². The van der Waals surface area contributed by atoms with Crippen molar-refractivity contribution < 1.29 is 19.1 Å². The van der Waals surface area contributed by atoms with Gasteiger partial charge >= 0.3 is 12.1 Å². The topological polar surface area (TPSA) is 57.6 Å². The van der Waals surface area contributed by atoms with Crippen LogP contribution in [0.5, 0.6) is 0 Å². The number of amides is 1. The molecule has 0 radical (unpaired) electrons. The molecule has 5 heteroatoms. The van der Waals surface area contributed by atoms with Gasteiger partial charge in [-0.1, -0.05) is 0 Å². The highest BCUT2D eigenvalue weighted by Gasteiger charge is 2.27. The van der Waals surface area contributed by atoms with Gasteiger partial charge in [-0.3, -0.25) is 9.69 Å². The standard InChI is InChI=1S/C7H12FNO3/c1-7(2,3)9(6(11)12)4-5(8)10/h4H2,1-3H3,(H,11,12). The third-order valence-corrected chi connectivity index (χ3v) is 1.32. The van der Waals surface area contributed by atoms with Crippen molar-refractivity contribution in [2.75, 3.05) is 6.54 Å². The Balaban J connectivity index is 4.46. The first-order chi connectivity index (χ1) is 5.25. The summed E-state index contributed by atoms with van der Waals surface area (Å²) in [6.07, 6.45) is -1.30. The van der Waals surface area contributed by atoms with Crippen LogP contribution in [-0.4, -0.2) is 34.2 Å². The summed E-state index contributed by atoms with van der Waals surface area (Å²) in [5.74, 6) is 0. The Kier molecular flexibility index (Phi) is 3.18. The zero-order chi connectivity index (χ0) is 9.94. The fourth-order valence-corrected chi connectivity index (χ4v) is 0.716. The van der Waals surface area contributed by atoms with Crippen molar-refractivity contribution in [2.45, 2.75) is 26.3 Å². The van der Waals surface area contributed by atoms with Crippen LogP contribution < -0.4 is 0 Å². The molecule has 0 atom stereocenters. The Labute approximate surface area is 70.0 Å². The highest BCUT2D eigenvalue weighted by atomic mass is 19.1. The van der Waals surface area contributed by atoms with Gasteiger partial charge in [-0.25, -0.2) is 4.79 Å². The molecule has 0 aliphatic rings. The van der Waals surface area contributed by atoms with Crippen LogP contribution in [0.2, 0.25) is 0 Å². The van der Waals surface area contributed by atoms with Crippen LogP contribution >= 0.6 is 0 Å². The van der Waals surface area contributed by atoms with Crippen molar-refractivity contribution in [3.8, 4) is 0 Å². The lowest BCUT2D eigenvalue weighted by Gasteiger charge is -2.31. The maximum absolute atomic E-state index is 11.9. The molecule has 0 spiro atoms. The van der Waals surface area contributed by atoms with Crippen LogP contribution in [0.4, 0.5) is 9.18 Å². The first kappa shape index (κ1) is 10.9. The van der Waals surface area contributed by atoms with E-state index in [1.807, 2.05) is 0 Å². The molecule has 0 aromatic rings. The molecule has 0 unspecified atom stereocenters. The number of hydrogen-bond donors (Lipinski definition) is 1. The molecule has 0 aliphatic carbocycles. The summed E-state index contributed by atoms with van der Waals surface area (Å²) in [7, 11) is 0. The van der Waals surface area contributed by atoms with E-state index >= 15 is 0 Å². The molecule has 1 N–H and O–H groups in total. The molecule has 0 bridgehead atoms. The Morgan fingerprint density at radius 1 is 1.42 bits per heavy atom. The first-order valence-electron chi connectivity index (χ1n) is 3.44. The summed E-state index contributed by atoms with van der Waals surface area (Å²) in [5, 5.41) is 8.56. The van der Waals surface area contributed by atoms with E-state index in [2.05, 4.69) is 0 Å². The zero-order valence-electron chi connectivity index (χ0n) is 7.30. The van der Waals surface area contributed by atoms with Gasteiger partial charge in [-0.05, 0) is 20.8 Å². The van der Waals surface area contributed by atoms with Crippen LogP contribution in [0.25, 0.3) is 0 Å². The van der Waals surface area contributed by atoms with Gasteiger partial charge in [0.05, 0.1) is 0 Å².